The van der Waals surface area contributed by atoms with E-state index in [-0.39, 0.29) is 35.8 Å². The Bertz CT molecular complexity index is 606. The van der Waals surface area contributed by atoms with Crippen molar-refractivity contribution in [1.29, 1.82) is 0 Å². The highest BCUT2D eigenvalue weighted by Crippen LogP contribution is 2.16. The molecular weight excluding hydrogens is 330 g/mol. The first-order valence-corrected chi connectivity index (χ1v) is 8.47. The van der Waals surface area contributed by atoms with Crippen molar-refractivity contribution in [3.8, 4) is 0 Å². The molecule has 0 radical (unpaired) electrons. The Morgan fingerprint density at radius 3 is 2.55 bits per heavy atom. The predicted molar refractivity (Wildman–Crippen MR) is 86.5 cm³/mol. The van der Waals surface area contributed by atoms with Gasteiger partial charge in [-0.3, -0.25) is 10.1 Å². The fraction of sp³-hybridized carbons (Fsp3) is 0.538. The highest BCUT2D eigenvalue weighted by molar-refractivity contribution is 7.88. The zero-order chi connectivity index (χ0) is 15.5. The van der Waals surface area contributed by atoms with Gasteiger partial charge in [-0.15, -0.1) is 12.4 Å². The molecule has 2 rings (SSSR count). The number of hydrogen-bond donors (Lipinski definition) is 2. The molecule has 0 aromatic heterocycles. The van der Waals surface area contributed by atoms with Crippen molar-refractivity contribution < 1.29 is 13.3 Å². The molecule has 0 bridgehead atoms. The molecule has 0 amide bonds. The molecule has 1 aliphatic heterocycles. The summed E-state index contributed by atoms with van der Waals surface area (Å²) in [5, 5.41) is 13.7. The van der Waals surface area contributed by atoms with Crippen molar-refractivity contribution in [2.45, 2.75) is 25.1 Å². The van der Waals surface area contributed by atoms with Gasteiger partial charge in [-0.05, 0) is 24.4 Å². The molecule has 1 heterocycles. The Hall–Kier alpha value is -1.22. The van der Waals surface area contributed by atoms with Crippen LogP contribution in [0.5, 0.6) is 0 Å². The monoisotopic (exact) mass is 349 g/mol. The summed E-state index contributed by atoms with van der Waals surface area (Å²) >= 11 is 0. The number of nitrogens with one attached hydrogen (secondary N) is 2. The number of nitro groups is 1. The molecule has 2 N–H and O–H groups in total. The number of sulfonamides is 1. The van der Waals surface area contributed by atoms with Gasteiger partial charge in [0.1, 0.15) is 0 Å². The van der Waals surface area contributed by atoms with Crippen LogP contribution in [-0.4, -0.2) is 32.5 Å². The first-order valence-electron chi connectivity index (χ1n) is 6.81. The summed E-state index contributed by atoms with van der Waals surface area (Å²) in [6.45, 7) is 3.56. The zero-order valence-electron chi connectivity index (χ0n) is 12.2. The van der Waals surface area contributed by atoms with E-state index < -0.39 is 14.9 Å². The van der Waals surface area contributed by atoms with Crippen LogP contribution in [0.1, 0.15) is 18.9 Å². The van der Waals surface area contributed by atoms with Gasteiger partial charge in [-0.25, -0.2) is 13.1 Å². The van der Waals surface area contributed by atoms with Crippen molar-refractivity contribution in [2.75, 3.05) is 13.1 Å². The van der Waals surface area contributed by atoms with Gasteiger partial charge in [-0.2, -0.15) is 0 Å². The van der Waals surface area contributed by atoms with Crippen LogP contribution in [0.3, 0.4) is 0 Å². The van der Waals surface area contributed by atoms with E-state index in [9.17, 15) is 18.5 Å². The number of benzene rings is 1. The molecule has 1 saturated heterocycles. The van der Waals surface area contributed by atoms with E-state index >= 15 is 0 Å². The van der Waals surface area contributed by atoms with Gasteiger partial charge in [0.2, 0.25) is 10.0 Å². The minimum absolute atomic E-state index is 0. The number of hydrogen-bond acceptors (Lipinski definition) is 5. The third-order valence-corrected chi connectivity index (χ3v) is 5.04. The smallest absolute Gasteiger partial charge is 0.269 e. The van der Waals surface area contributed by atoms with Gasteiger partial charge >= 0.3 is 0 Å². The Kier molecular flexibility index (Phi) is 6.73. The zero-order valence-corrected chi connectivity index (χ0v) is 13.8. The number of piperidine rings is 1. The second-order valence-corrected chi connectivity index (χ2v) is 7.13. The largest absolute Gasteiger partial charge is 0.315 e. The number of nitrogens with zero attached hydrogens (tertiary/aromatic N) is 1. The Labute approximate surface area is 136 Å². The molecular formula is C13H20ClN3O4S. The van der Waals surface area contributed by atoms with Crippen molar-refractivity contribution in [1.82, 2.24) is 10.0 Å². The lowest BCUT2D eigenvalue weighted by Gasteiger charge is -2.29. The molecule has 2 atom stereocenters. The average molecular weight is 350 g/mol. The van der Waals surface area contributed by atoms with Crippen LogP contribution in [0.2, 0.25) is 0 Å². The second kappa shape index (κ2) is 7.87. The van der Waals surface area contributed by atoms with E-state index in [1.165, 1.54) is 24.3 Å². The summed E-state index contributed by atoms with van der Waals surface area (Å²) in [6.07, 6.45) is 0.935. The maximum absolute atomic E-state index is 12.2. The average Bonchev–Trinajstić information content (AvgIpc) is 2.41. The first kappa shape index (κ1) is 18.8. The van der Waals surface area contributed by atoms with Crippen LogP contribution in [-0.2, 0) is 15.8 Å². The summed E-state index contributed by atoms with van der Waals surface area (Å²) in [4.78, 5) is 10.1. The molecule has 7 nitrogen and oxygen atoms in total. The molecule has 1 fully saturated rings. The molecule has 9 heteroatoms. The molecule has 1 aliphatic rings. The van der Waals surface area contributed by atoms with Crippen molar-refractivity contribution >= 4 is 28.1 Å². The summed E-state index contributed by atoms with van der Waals surface area (Å²) in [5.74, 6) is 0.117. The highest BCUT2D eigenvalue weighted by Gasteiger charge is 2.25. The highest BCUT2D eigenvalue weighted by atomic mass is 35.5. The van der Waals surface area contributed by atoms with Crippen molar-refractivity contribution in [3.05, 3.63) is 39.9 Å². The fourth-order valence-electron chi connectivity index (χ4n) is 2.35. The normalized spacial score (nSPS) is 21.9. The Morgan fingerprint density at radius 2 is 2.00 bits per heavy atom. The van der Waals surface area contributed by atoms with E-state index in [0.717, 1.165) is 13.0 Å². The number of non-ortho nitro benzene ring substituents is 1. The predicted octanol–water partition coefficient (Wildman–Crippen LogP) is 1.43. The second-order valence-electron chi connectivity index (χ2n) is 5.38. The van der Waals surface area contributed by atoms with Crippen LogP contribution in [0.25, 0.3) is 0 Å². The van der Waals surface area contributed by atoms with Crippen molar-refractivity contribution in [2.24, 2.45) is 5.92 Å². The third-order valence-electron chi connectivity index (χ3n) is 3.66. The molecule has 0 aliphatic carbocycles. The molecule has 0 saturated carbocycles. The first-order chi connectivity index (χ1) is 9.87. The Morgan fingerprint density at radius 1 is 1.36 bits per heavy atom. The topological polar surface area (TPSA) is 101 Å². The summed E-state index contributed by atoms with van der Waals surface area (Å²) in [6, 6.07) is 5.47. The van der Waals surface area contributed by atoms with Gasteiger partial charge in [0.25, 0.3) is 5.69 Å². The maximum Gasteiger partial charge on any atom is 0.269 e. The minimum atomic E-state index is -3.46. The van der Waals surface area contributed by atoms with E-state index in [1.807, 2.05) is 6.92 Å². The number of halogens is 1. The van der Waals surface area contributed by atoms with E-state index in [4.69, 9.17) is 0 Å². The van der Waals surface area contributed by atoms with E-state index in [0.29, 0.717) is 12.1 Å². The molecule has 22 heavy (non-hydrogen) atoms. The van der Waals surface area contributed by atoms with Crippen LogP contribution in [0.4, 0.5) is 5.69 Å². The van der Waals surface area contributed by atoms with Gasteiger partial charge in [0, 0.05) is 24.7 Å². The van der Waals surface area contributed by atoms with E-state index in [1.54, 1.807) is 0 Å². The fourth-order valence-corrected chi connectivity index (χ4v) is 3.84. The quantitative estimate of drug-likeness (QED) is 0.618. The standard InChI is InChI=1S/C13H19N3O4S.ClH/c1-10-6-7-14-8-13(10)15-21(19,20)9-11-2-4-12(5-3-11)16(17)18;/h2-5,10,13-15H,6-9H2,1H3;1H. The van der Waals surface area contributed by atoms with Gasteiger partial charge < -0.3 is 5.32 Å². The van der Waals surface area contributed by atoms with Gasteiger partial charge in [-0.1, -0.05) is 19.1 Å². The van der Waals surface area contributed by atoms with E-state index in [2.05, 4.69) is 10.0 Å². The molecule has 2 unspecified atom stereocenters. The summed E-state index contributed by atoms with van der Waals surface area (Å²) in [7, 11) is -3.46. The molecule has 0 spiro atoms. The third kappa shape index (κ3) is 5.20. The van der Waals surface area contributed by atoms with Crippen LogP contribution >= 0.6 is 12.4 Å². The Balaban J connectivity index is 0.00000242. The van der Waals surface area contributed by atoms with Crippen LogP contribution in [0, 0.1) is 16.0 Å². The lowest BCUT2D eigenvalue weighted by atomic mass is 9.96. The van der Waals surface area contributed by atoms with Gasteiger partial charge in [0.05, 0.1) is 10.7 Å². The molecule has 1 aromatic rings. The number of nitro benzene ring substituents is 1. The van der Waals surface area contributed by atoms with Crippen molar-refractivity contribution in [3.63, 3.8) is 0 Å². The maximum atomic E-state index is 12.2. The number of rotatable bonds is 5. The van der Waals surface area contributed by atoms with Gasteiger partial charge in [0.15, 0.2) is 0 Å². The minimum Gasteiger partial charge on any atom is -0.315 e. The molecule has 124 valence electrons. The summed E-state index contributed by atoms with van der Waals surface area (Å²) < 4.78 is 27.0. The van der Waals surface area contributed by atoms with Crippen LogP contribution < -0.4 is 10.0 Å². The van der Waals surface area contributed by atoms with Crippen LogP contribution in [0.15, 0.2) is 24.3 Å². The summed E-state index contributed by atoms with van der Waals surface area (Å²) in [5.41, 5.74) is 0.485. The molecule has 1 aromatic carbocycles. The SMILES string of the molecule is CC1CCNCC1NS(=O)(=O)Cc1ccc([N+](=O)[O-])cc1.Cl. The lowest BCUT2D eigenvalue weighted by Crippen LogP contribution is -2.50. The lowest BCUT2D eigenvalue weighted by molar-refractivity contribution is -0.384.